The summed E-state index contributed by atoms with van der Waals surface area (Å²) in [5.74, 6) is 2.95. The number of nitrogens with zero attached hydrogens (tertiary/aromatic N) is 3. The molecular weight excluding hydrogens is 416 g/mol. The van der Waals surface area contributed by atoms with Crippen molar-refractivity contribution in [3.05, 3.63) is 41.7 Å². The molecule has 1 aromatic carbocycles. The highest BCUT2D eigenvalue weighted by molar-refractivity contribution is 5.91. The Hall–Kier alpha value is -3.29. The topological polar surface area (TPSA) is 95.2 Å². The Balaban J connectivity index is 1.25. The Morgan fingerprint density at radius 2 is 2.00 bits per heavy atom. The highest BCUT2D eigenvalue weighted by atomic mass is 16.5. The molecule has 2 heterocycles. The summed E-state index contributed by atoms with van der Waals surface area (Å²) >= 11 is 0. The van der Waals surface area contributed by atoms with Crippen LogP contribution in [0.15, 0.2) is 30.5 Å². The zero-order valence-corrected chi connectivity index (χ0v) is 19.9. The third-order valence-electron chi connectivity index (χ3n) is 6.53. The SMILES string of the molecule is COc1ccc2[nH]c(C)c(CC(=O)NCC3CCC(Nc4nccc(N(C)C)n4)CC3)c2c1. The van der Waals surface area contributed by atoms with E-state index in [-0.39, 0.29) is 5.91 Å². The van der Waals surface area contributed by atoms with Crippen molar-refractivity contribution in [3.8, 4) is 5.75 Å². The first-order chi connectivity index (χ1) is 15.9. The van der Waals surface area contributed by atoms with Crippen LogP contribution < -0.4 is 20.3 Å². The summed E-state index contributed by atoms with van der Waals surface area (Å²) in [5.41, 5.74) is 3.09. The summed E-state index contributed by atoms with van der Waals surface area (Å²) in [6.45, 7) is 2.74. The molecule has 0 saturated heterocycles. The number of carbonyl (C=O) groups excluding carboxylic acids is 1. The van der Waals surface area contributed by atoms with Crippen LogP contribution in [0.25, 0.3) is 10.9 Å². The first kappa shape index (κ1) is 22.9. The van der Waals surface area contributed by atoms with Crippen LogP contribution in [-0.4, -0.2) is 54.7 Å². The number of hydrogen-bond donors (Lipinski definition) is 3. The van der Waals surface area contributed by atoms with Crippen molar-refractivity contribution >= 4 is 28.6 Å². The van der Waals surface area contributed by atoms with Crippen LogP contribution in [0.4, 0.5) is 11.8 Å². The number of H-pyrrole nitrogens is 1. The molecule has 1 aliphatic carbocycles. The van der Waals surface area contributed by atoms with Gasteiger partial charge in [0.15, 0.2) is 0 Å². The molecule has 0 radical (unpaired) electrons. The van der Waals surface area contributed by atoms with E-state index in [1.54, 1.807) is 13.3 Å². The zero-order valence-electron chi connectivity index (χ0n) is 19.9. The lowest BCUT2D eigenvalue weighted by Crippen LogP contribution is -2.34. The zero-order chi connectivity index (χ0) is 23.4. The first-order valence-corrected chi connectivity index (χ1v) is 11.6. The Kier molecular flexibility index (Phi) is 7.01. The number of aromatic amines is 1. The fourth-order valence-corrected chi connectivity index (χ4v) is 4.56. The Morgan fingerprint density at radius 1 is 1.21 bits per heavy atom. The summed E-state index contributed by atoms with van der Waals surface area (Å²) in [6, 6.07) is 8.19. The highest BCUT2D eigenvalue weighted by Gasteiger charge is 2.22. The maximum absolute atomic E-state index is 12.7. The normalized spacial score (nSPS) is 18.2. The molecule has 1 amide bonds. The van der Waals surface area contributed by atoms with E-state index in [4.69, 9.17) is 4.74 Å². The second-order valence-corrected chi connectivity index (χ2v) is 9.12. The molecular formula is C25H34N6O2. The van der Waals surface area contributed by atoms with E-state index in [9.17, 15) is 4.79 Å². The molecule has 176 valence electrons. The van der Waals surface area contributed by atoms with Gasteiger partial charge < -0.3 is 25.3 Å². The third kappa shape index (κ3) is 5.56. The van der Waals surface area contributed by atoms with E-state index >= 15 is 0 Å². The molecule has 8 nitrogen and oxygen atoms in total. The van der Waals surface area contributed by atoms with Crippen LogP contribution in [0.5, 0.6) is 5.75 Å². The van der Waals surface area contributed by atoms with E-state index in [0.717, 1.165) is 66.0 Å². The maximum Gasteiger partial charge on any atom is 0.224 e. The Morgan fingerprint density at radius 3 is 2.73 bits per heavy atom. The summed E-state index contributed by atoms with van der Waals surface area (Å²) in [6.07, 6.45) is 6.42. The van der Waals surface area contributed by atoms with Crippen molar-refractivity contribution in [2.75, 3.05) is 38.0 Å². The highest BCUT2D eigenvalue weighted by Crippen LogP contribution is 2.28. The van der Waals surface area contributed by atoms with Gasteiger partial charge in [0, 0.05) is 49.5 Å². The van der Waals surface area contributed by atoms with Gasteiger partial charge in [-0.3, -0.25) is 4.79 Å². The monoisotopic (exact) mass is 450 g/mol. The Bertz CT molecular complexity index is 1100. The van der Waals surface area contributed by atoms with Crippen molar-refractivity contribution in [2.45, 2.75) is 45.1 Å². The number of anilines is 2. The minimum atomic E-state index is 0.0657. The smallest absolute Gasteiger partial charge is 0.224 e. The average molecular weight is 451 g/mol. The lowest BCUT2D eigenvalue weighted by atomic mass is 9.86. The predicted molar refractivity (Wildman–Crippen MR) is 132 cm³/mol. The fraction of sp³-hybridized carbons (Fsp3) is 0.480. The number of carbonyl (C=O) groups is 1. The molecule has 2 aromatic heterocycles. The van der Waals surface area contributed by atoms with Gasteiger partial charge in [-0.05, 0) is 68.4 Å². The molecule has 0 aliphatic heterocycles. The molecule has 8 heteroatoms. The first-order valence-electron chi connectivity index (χ1n) is 11.6. The van der Waals surface area contributed by atoms with Gasteiger partial charge in [0.05, 0.1) is 13.5 Å². The molecule has 4 rings (SSSR count). The van der Waals surface area contributed by atoms with E-state index in [1.165, 1.54) is 0 Å². The van der Waals surface area contributed by atoms with Crippen LogP contribution in [0.3, 0.4) is 0 Å². The molecule has 3 N–H and O–H groups in total. The fourth-order valence-electron chi connectivity index (χ4n) is 4.56. The standard InChI is InChI=1S/C25H34N6O2/c1-16-20(21-13-19(33-4)9-10-22(21)28-16)14-24(32)27-15-17-5-7-18(8-6-17)29-25-26-12-11-23(30-25)31(2)3/h9-13,17-18,28H,5-8,14-15H2,1-4H3,(H,27,32)(H,26,29,30). The van der Waals surface area contributed by atoms with Crippen LogP contribution in [0.2, 0.25) is 0 Å². The summed E-state index contributed by atoms with van der Waals surface area (Å²) in [5, 5.41) is 7.68. The number of aryl methyl sites for hydroxylation is 1. The van der Waals surface area contributed by atoms with Crippen LogP contribution in [-0.2, 0) is 11.2 Å². The van der Waals surface area contributed by atoms with Crippen molar-refractivity contribution in [1.82, 2.24) is 20.3 Å². The number of nitrogens with one attached hydrogen (secondary N) is 3. The van der Waals surface area contributed by atoms with Crippen molar-refractivity contribution < 1.29 is 9.53 Å². The summed E-state index contributed by atoms with van der Waals surface area (Å²) in [7, 11) is 5.61. The number of amides is 1. The largest absolute Gasteiger partial charge is 0.497 e. The van der Waals surface area contributed by atoms with Crippen LogP contribution >= 0.6 is 0 Å². The molecule has 0 unspecified atom stereocenters. The molecule has 0 atom stereocenters. The van der Waals surface area contributed by atoms with E-state index in [2.05, 4.69) is 25.6 Å². The maximum atomic E-state index is 12.7. The van der Waals surface area contributed by atoms with Crippen molar-refractivity contribution in [3.63, 3.8) is 0 Å². The molecule has 1 aliphatic rings. The van der Waals surface area contributed by atoms with Gasteiger partial charge in [-0.1, -0.05) is 0 Å². The minimum Gasteiger partial charge on any atom is -0.497 e. The number of ether oxygens (including phenoxy) is 1. The lowest BCUT2D eigenvalue weighted by molar-refractivity contribution is -0.120. The quantitative estimate of drug-likeness (QED) is 0.485. The van der Waals surface area contributed by atoms with Gasteiger partial charge >= 0.3 is 0 Å². The van der Waals surface area contributed by atoms with Gasteiger partial charge in [0.25, 0.3) is 0 Å². The van der Waals surface area contributed by atoms with E-state index in [1.807, 2.05) is 50.2 Å². The second-order valence-electron chi connectivity index (χ2n) is 9.12. The number of methoxy groups -OCH3 is 1. The van der Waals surface area contributed by atoms with Gasteiger partial charge in [0.2, 0.25) is 11.9 Å². The average Bonchev–Trinajstić information content (AvgIpc) is 3.12. The van der Waals surface area contributed by atoms with Crippen molar-refractivity contribution in [1.29, 1.82) is 0 Å². The minimum absolute atomic E-state index is 0.0657. The number of hydrogen-bond acceptors (Lipinski definition) is 6. The van der Waals surface area contributed by atoms with Crippen molar-refractivity contribution in [2.24, 2.45) is 5.92 Å². The number of rotatable bonds is 8. The molecule has 33 heavy (non-hydrogen) atoms. The van der Waals surface area contributed by atoms with Gasteiger partial charge in [-0.2, -0.15) is 4.98 Å². The van der Waals surface area contributed by atoms with Crippen LogP contribution in [0, 0.1) is 12.8 Å². The molecule has 3 aromatic rings. The number of aromatic nitrogens is 3. The molecule has 1 fully saturated rings. The third-order valence-corrected chi connectivity index (χ3v) is 6.53. The van der Waals surface area contributed by atoms with Gasteiger partial charge in [-0.15, -0.1) is 0 Å². The lowest BCUT2D eigenvalue weighted by Gasteiger charge is -2.29. The molecule has 1 saturated carbocycles. The molecule has 0 spiro atoms. The number of benzene rings is 1. The van der Waals surface area contributed by atoms with E-state index < -0.39 is 0 Å². The molecule has 0 bridgehead atoms. The van der Waals surface area contributed by atoms with E-state index in [0.29, 0.717) is 24.3 Å². The predicted octanol–water partition coefficient (Wildman–Crippen LogP) is 3.67. The summed E-state index contributed by atoms with van der Waals surface area (Å²) < 4.78 is 5.35. The van der Waals surface area contributed by atoms with Gasteiger partial charge in [-0.25, -0.2) is 4.98 Å². The number of fused-ring (bicyclic) bond motifs is 1. The summed E-state index contributed by atoms with van der Waals surface area (Å²) in [4.78, 5) is 27.0. The van der Waals surface area contributed by atoms with Gasteiger partial charge in [0.1, 0.15) is 11.6 Å². The second kappa shape index (κ2) is 10.1. The Labute approximate surface area is 195 Å². The van der Waals surface area contributed by atoms with Crippen LogP contribution in [0.1, 0.15) is 36.9 Å².